The van der Waals surface area contributed by atoms with E-state index in [4.69, 9.17) is 5.11 Å². The van der Waals surface area contributed by atoms with E-state index in [1.54, 1.807) is 0 Å². The molecule has 0 fully saturated rings. The number of hydrogen-bond donors (Lipinski definition) is 1. The minimum Gasteiger partial charge on any atom is -0.512 e. The zero-order chi connectivity index (χ0) is 20.6. The molecule has 1 radical (unpaired) electrons. The number of carbonyl (C=O) groups excluding carboxylic acids is 1. The van der Waals surface area contributed by atoms with E-state index in [-0.39, 0.29) is 31.6 Å². The summed E-state index contributed by atoms with van der Waals surface area (Å²) in [6.45, 7) is 2.85. The number of aromatic nitrogens is 1. The van der Waals surface area contributed by atoms with Gasteiger partial charge < -0.3 is 10.1 Å². The molecule has 0 saturated heterocycles. The first-order valence-electron chi connectivity index (χ1n) is 9.33. The largest absolute Gasteiger partial charge is 0.512 e. The molecule has 0 bridgehead atoms. The number of aliphatic hydroxyl groups is 1. The number of fused-ring (bicyclic) bond motifs is 1. The Balaban J connectivity index is 0.000000350. The van der Waals surface area contributed by atoms with Crippen LogP contribution in [-0.4, -0.2) is 15.9 Å². The fraction of sp³-hybridized carbons (Fsp3) is 0.0769. The first-order valence-corrected chi connectivity index (χ1v) is 9.33. The van der Waals surface area contributed by atoms with Gasteiger partial charge in [0.2, 0.25) is 0 Å². The van der Waals surface area contributed by atoms with Crippen molar-refractivity contribution in [2.24, 2.45) is 0 Å². The molecule has 1 heterocycles. The summed E-state index contributed by atoms with van der Waals surface area (Å²) in [5.74, 6) is -0.0625. The number of rotatable bonds is 3. The SMILES string of the molecule is CC(=O)/C=C(/C)O.[Ir].[c-]1ccc(-c2ccccc2)cc1-c1nccc2ccccc12. The van der Waals surface area contributed by atoms with Crippen LogP contribution in [0.5, 0.6) is 0 Å². The molecular formula is C26H22IrNO2-. The number of nitrogens with zero attached hydrogens (tertiary/aromatic N) is 1. The normalized spacial score (nSPS) is 10.5. The zero-order valence-corrected chi connectivity index (χ0v) is 19.2. The molecule has 0 aliphatic heterocycles. The number of aliphatic hydroxyl groups excluding tert-OH is 1. The molecule has 0 aliphatic rings. The molecule has 30 heavy (non-hydrogen) atoms. The van der Waals surface area contributed by atoms with E-state index in [9.17, 15) is 4.79 Å². The van der Waals surface area contributed by atoms with Crippen LogP contribution in [0.4, 0.5) is 0 Å². The van der Waals surface area contributed by atoms with Crippen molar-refractivity contribution in [2.75, 3.05) is 0 Å². The smallest absolute Gasteiger partial charge is 0.155 e. The van der Waals surface area contributed by atoms with Crippen molar-refractivity contribution in [1.29, 1.82) is 0 Å². The summed E-state index contributed by atoms with van der Waals surface area (Å²) in [5, 5.41) is 10.7. The third kappa shape index (κ3) is 6.21. The van der Waals surface area contributed by atoms with Gasteiger partial charge in [-0.1, -0.05) is 54.6 Å². The average molecular weight is 573 g/mol. The quantitative estimate of drug-likeness (QED) is 0.176. The Bertz CT molecular complexity index is 1140. The van der Waals surface area contributed by atoms with Gasteiger partial charge in [0, 0.05) is 32.4 Å². The number of allylic oxidation sites excluding steroid dienone is 2. The van der Waals surface area contributed by atoms with Crippen LogP contribution in [-0.2, 0) is 24.9 Å². The number of ketones is 1. The fourth-order valence-corrected chi connectivity index (χ4v) is 3.04. The van der Waals surface area contributed by atoms with Gasteiger partial charge >= 0.3 is 0 Å². The van der Waals surface area contributed by atoms with E-state index in [1.165, 1.54) is 36.4 Å². The zero-order valence-electron chi connectivity index (χ0n) is 16.8. The van der Waals surface area contributed by atoms with E-state index in [2.05, 4.69) is 71.7 Å². The van der Waals surface area contributed by atoms with Crippen LogP contribution in [0.25, 0.3) is 33.2 Å². The minimum absolute atomic E-state index is 0. The number of carbonyl (C=O) groups is 1. The maximum absolute atomic E-state index is 10.0. The average Bonchev–Trinajstić information content (AvgIpc) is 2.73. The first kappa shape index (κ1) is 23.2. The second-order valence-electron chi connectivity index (χ2n) is 6.63. The van der Waals surface area contributed by atoms with Crippen LogP contribution in [0.15, 0.2) is 96.9 Å². The molecular weight excluding hydrogens is 551 g/mol. The van der Waals surface area contributed by atoms with Gasteiger partial charge in [-0.15, -0.1) is 35.4 Å². The summed E-state index contributed by atoms with van der Waals surface area (Å²) >= 11 is 0. The summed E-state index contributed by atoms with van der Waals surface area (Å²) < 4.78 is 0. The van der Waals surface area contributed by atoms with Gasteiger partial charge in [0.25, 0.3) is 0 Å². The summed E-state index contributed by atoms with van der Waals surface area (Å²) in [6, 6.07) is 30.3. The molecule has 3 nitrogen and oxygen atoms in total. The number of benzene rings is 3. The van der Waals surface area contributed by atoms with E-state index in [0.29, 0.717) is 0 Å². The van der Waals surface area contributed by atoms with Crippen molar-refractivity contribution >= 4 is 16.6 Å². The van der Waals surface area contributed by atoms with Crippen LogP contribution in [0.1, 0.15) is 13.8 Å². The van der Waals surface area contributed by atoms with Gasteiger partial charge in [0.15, 0.2) is 5.78 Å². The number of hydrogen-bond acceptors (Lipinski definition) is 3. The van der Waals surface area contributed by atoms with Gasteiger partial charge in [-0.3, -0.25) is 4.79 Å². The first-order chi connectivity index (χ1) is 14.0. The second kappa shape index (κ2) is 11.2. The predicted molar refractivity (Wildman–Crippen MR) is 119 cm³/mol. The van der Waals surface area contributed by atoms with Crippen molar-refractivity contribution < 1.29 is 30.0 Å². The number of pyridine rings is 1. The molecule has 4 rings (SSSR count). The Morgan fingerprint density at radius 1 is 0.933 bits per heavy atom. The van der Waals surface area contributed by atoms with Crippen LogP contribution in [0.3, 0.4) is 0 Å². The summed E-state index contributed by atoms with van der Waals surface area (Å²) in [6.07, 6.45) is 3.03. The molecule has 0 aliphatic carbocycles. The van der Waals surface area contributed by atoms with Gasteiger partial charge in [-0.25, -0.2) is 0 Å². The maximum atomic E-state index is 10.0. The van der Waals surface area contributed by atoms with Crippen molar-refractivity contribution in [2.45, 2.75) is 13.8 Å². The third-order valence-electron chi connectivity index (χ3n) is 4.25. The van der Waals surface area contributed by atoms with Crippen molar-refractivity contribution in [1.82, 2.24) is 4.98 Å². The van der Waals surface area contributed by atoms with E-state index in [0.717, 1.165) is 16.6 Å². The Morgan fingerprint density at radius 2 is 1.63 bits per heavy atom. The van der Waals surface area contributed by atoms with Crippen LogP contribution in [0.2, 0.25) is 0 Å². The third-order valence-corrected chi connectivity index (χ3v) is 4.25. The van der Waals surface area contributed by atoms with Crippen LogP contribution >= 0.6 is 0 Å². The summed E-state index contributed by atoms with van der Waals surface area (Å²) in [7, 11) is 0. The fourth-order valence-electron chi connectivity index (χ4n) is 3.04. The van der Waals surface area contributed by atoms with E-state index < -0.39 is 0 Å². The van der Waals surface area contributed by atoms with Crippen molar-refractivity contribution in [3.05, 3.63) is 103 Å². The van der Waals surface area contributed by atoms with Gasteiger partial charge in [-0.2, -0.15) is 0 Å². The van der Waals surface area contributed by atoms with Crippen LogP contribution in [0, 0.1) is 6.07 Å². The van der Waals surface area contributed by atoms with E-state index in [1.807, 2.05) is 24.4 Å². The molecule has 4 aromatic rings. The van der Waals surface area contributed by atoms with Crippen molar-refractivity contribution in [3.8, 4) is 22.4 Å². The minimum atomic E-state index is -0.125. The molecule has 4 heteroatoms. The van der Waals surface area contributed by atoms with Crippen molar-refractivity contribution in [3.63, 3.8) is 0 Å². The van der Waals surface area contributed by atoms with Gasteiger partial charge in [0.1, 0.15) is 0 Å². The Kier molecular flexibility index (Phi) is 8.67. The monoisotopic (exact) mass is 573 g/mol. The molecule has 0 unspecified atom stereocenters. The Labute approximate surface area is 190 Å². The van der Waals surface area contributed by atoms with Gasteiger partial charge in [0.05, 0.1) is 5.76 Å². The second-order valence-corrected chi connectivity index (χ2v) is 6.63. The molecule has 1 aromatic heterocycles. The van der Waals surface area contributed by atoms with Crippen LogP contribution < -0.4 is 0 Å². The molecule has 0 amide bonds. The Morgan fingerprint density at radius 3 is 2.30 bits per heavy atom. The molecule has 1 N–H and O–H groups in total. The Hall–Kier alpha value is -3.07. The standard InChI is InChI=1S/C21H14N.C5H8O2.Ir/c1-2-7-16(8-3-1)18-10-6-11-19(15-18)21-20-12-5-4-9-17(20)13-14-22-21;1-4(6)3-5(2)7;/h1-10,12-15H;3,6H,1-2H3;/q-1;;/b;4-3-;. The summed E-state index contributed by atoms with van der Waals surface area (Å²) in [5.41, 5.74) is 4.40. The molecule has 0 atom stereocenters. The molecule has 0 spiro atoms. The van der Waals surface area contributed by atoms with E-state index >= 15 is 0 Å². The molecule has 3 aromatic carbocycles. The summed E-state index contributed by atoms with van der Waals surface area (Å²) in [4.78, 5) is 14.6. The molecule has 0 saturated carbocycles. The van der Waals surface area contributed by atoms with Gasteiger partial charge in [-0.05, 0) is 41.9 Å². The topological polar surface area (TPSA) is 50.2 Å². The molecule has 153 valence electrons. The maximum Gasteiger partial charge on any atom is 0.155 e. The predicted octanol–water partition coefficient (Wildman–Crippen LogP) is 6.40.